The lowest BCUT2D eigenvalue weighted by molar-refractivity contribution is -0.120. The van der Waals surface area contributed by atoms with Gasteiger partial charge in [-0.05, 0) is 30.2 Å². The van der Waals surface area contributed by atoms with E-state index in [9.17, 15) is 4.79 Å². The molecule has 3 nitrogen and oxygen atoms in total. The Hall–Kier alpha value is -2.29. The standard InChI is InChI=1S/C19H24N2O/c1-14-4-8-16(9-5-14)19(2,3)13-21-18(22)12-15-6-10-17(20)11-7-15/h4-11H,12-13,20H2,1-3H3,(H,21,22). The Bertz CT molecular complexity index is 627. The number of carbonyl (C=O) groups is 1. The van der Waals surface area contributed by atoms with E-state index >= 15 is 0 Å². The molecule has 2 rings (SSSR count). The maximum atomic E-state index is 12.1. The van der Waals surface area contributed by atoms with Crippen LogP contribution in [0.15, 0.2) is 48.5 Å². The summed E-state index contributed by atoms with van der Waals surface area (Å²) in [5, 5.41) is 3.03. The van der Waals surface area contributed by atoms with Crippen molar-refractivity contribution in [3.05, 3.63) is 65.2 Å². The Morgan fingerprint density at radius 1 is 1.05 bits per heavy atom. The third-order valence-electron chi connectivity index (χ3n) is 3.90. The Balaban J connectivity index is 1.92. The molecule has 0 spiro atoms. The van der Waals surface area contributed by atoms with Crippen LogP contribution in [-0.4, -0.2) is 12.5 Å². The molecule has 1 amide bonds. The summed E-state index contributed by atoms with van der Waals surface area (Å²) in [4.78, 5) is 12.1. The van der Waals surface area contributed by atoms with Crippen molar-refractivity contribution in [1.29, 1.82) is 0 Å². The molecule has 0 unspecified atom stereocenters. The van der Waals surface area contributed by atoms with E-state index in [-0.39, 0.29) is 11.3 Å². The van der Waals surface area contributed by atoms with Gasteiger partial charge < -0.3 is 11.1 Å². The molecule has 0 fully saturated rings. The molecule has 0 aliphatic carbocycles. The van der Waals surface area contributed by atoms with Gasteiger partial charge in [0, 0.05) is 17.6 Å². The molecular formula is C19H24N2O. The van der Waals surface area contributed by atoms with E-state index in [1.165, 1.54) is 11.1 Å². The largest absolute Gasteiger partial charge is 0.399 e. The first-order valence-electron chi connectivity index (χ1n) is 7.55. The average Bonchev–Trinajstić information content (AvgIpc) is 2.48. The van der Waals surface area contributed by atoms with E-state index in [1.807, 2.05) is 24.3 Å². The second-order valence-electron chi connectivity index (χ2n) is 6.44. The lowest BCUT2D eigenvalue weighted by Gasteiger charge is -2.26. The molecule has 2 aromatic carbocycles. The number of nitrogen functional groups attached to an aromatic ring is 1. The lowest BCUT2D eigenvalue weighted by atomic mass is 9.84. The summed E-state index contributed by atoms with van der Waals surface area (Å²) in [6.07, 6.45) is 0.379. The zero-order chi connectivity index (χ0) is 16.2. The van der Waals surface area contributed by atoms with Gasteiger partial charge in [0.05, 0.1) is 6.42 Å². The number of nitrogens with two attached hydrogens (primary N) is 1. The molecular weight excluding hydrogens is 272 g/mol. The smallest absolute Gasteiger partial charge is 0.224 e. The topological polar surface area (TPSA) is 55.1 Å². The minimum atomic E-state index is -0.0928. The van der Waals surface area contributed by atoms with Crippen LogP contribution in [0.4, 0.5) is 5.69 Å². The van der Waals surface area contributed by atoms with Crippen molar-refractivity contribution in [2.45, 2.75) is 32.6 Å². The zero-order valence-electron chi connectivity index (χ0n) is 13.5. The third-order valence-corrected chi connectivity index (χ3v) is 3.90. The van der Waals surface area contributed by atoms with Gasteiger partial charge in [-0.25, -0.2) is 0 Å². The van der Waals surface area contributed by atoms with Crippen LogP contribution in [0.5, 0.6) is 0 Å². The number of rotatable bonds is 5. The highest BCUT2D eigenvalue weighted by Gasteiger charge is 2.21. The number of nitrogens with one attached hydrogen (secondary N) is 1. The summed E-state index contributed by atoms with van der Waals surface area (Å²) in [5.74, 6) is 0.0324. The summed E-state index contributed by atoms with van der Waals surface area (Å²) in [7, 11) is 0. The number of anilines is 1. The summed E-state index contributed by atoms with van der Waals surface area (Å²) < 4.78 is 0. The molecule has 3 heteroatoms. The number of carbonyl (C=O) groups excluding carboxylic acids is 1. The molecule has 0 bridgehead atoms. The Morgan fingerprint density at radius 2 is 1.64 bits per heavy atom. The van der Waals surface area contributed by atoms with Gasteiger partial charge in [0.25, 0.3) is 0 Å². The number of aryl methyl sites for hydroxylation is 1. The van der Waals surface area contributed by atoms with Gasteiger partial charge in [-0.2, -0.15) is 0 Å². The molecule has 3 N–H and O–H groups in total. The maximum Gasteiger partial charge on any atom is 0.224 e. The molecule has 0 aliphatic rings. The minimum absolute atomic E-state index is 0.0324. The average molecular weight is 296 g/mol. The van der Waals surface area contributed by atoms with Crippen molar-refractivity contribution in [2.75, 3.05) is 12.3 Å². The monoisotopic (exact) mass is 296 g/mol. The number of benzene rings is 2. The minimum Gasteiger partial charge on any atom is -0.399 e. The normalized spacial score (nSPS) is 11.2. The van der Waals surface area contributed by atoms with E-state index in [0.717, 1.165) is 5.56 Å². The van der Waals surface area contributed by atoms with Gasteiger partial charge in [0.2, 0.25) is 5.91 Å². The van der Waals surface area contributed by atoms with E-state index in [2.05, 4.69) is 50.4 Å². The molecule has 0 heterocycles. The maximum absolute atomic E-state index is 12.1. The van der Waals surface area contributed by atoms with Crippen LogP contribution in [0, 0.1) is 6.92 Å². The predicted octanol–water partition coefficient (Wildman–Crippen LogP) is 3.21. The Morgan fingerprint density at radius 3 is 2.23 bits per heavy atom. The van der Waals surface area contributed by atoms with Crippen LogP contribution in [0.2, 0.25) is 0 Å². The first-order valence-corrected chi connectivity index (χ1v) is 7.55. The first-order chi connectivity index (χ1) is 10.4. The van der Waals surface area contributed by atoms with E-state index in [4.69, 9.17) is 5.73 Å². The Kier molecular flexibility index (Phi) is 4.86. The third kappa shape index (κ3) is 4.35. The van der Waals surface area contributed by atoms with Crippen molar-refractivity contribution in [1.82, 2.24) is 5.32 Å². The van der Waals surface area contributed by atoms with Gasteiger partial charge in [0.1, 0.15) is 0 Å². The van der Waals surface area contributed by atoms with Crippen LogP contribution in [0.3, 0.4) is 0 Å². The van der Waals surface area contributed by atoms with E-state index in [1.54, 1.807) is 0 Å². The first kappa shape index (κ1) is 16.1. The highest BCUT2D eigenvalue weighted by atomic mass is 16.1. The Labute approximate surface area is 132 Å². The number of amides is 1. The van der Waals surface area contributed by atoms with Gasteiger partial charge >= 0.3 is 0 Å². The van der Waals surface area contributed by atoms with Crippen LogP contribution >= 0.6 is 0 Å². The van der Waals surface area contributed by atoms with E-state index in [0.29, 0.717) is 18.7 Å². The fourth-order valence-corrected chi connectivity index (χ4v) is 2.31. The zero-order valence-corrected chi connectivity index (χ0v) is 13.5. The van der Waals surface area contributed by atoms with Gasteiger partial charge in [-0.1, -0.05) is 55.8 Å². The molecule has 0 radical (unpaired) electrons. The SMILES string of the molecule is Cc1ccc(C(C)(C)CNC(=O)Cc2ccc(N)cc2)cc1. The predicted molar refractivity (Wildman–Crippen MR) is 91.8 cm³/mol. The summed E-state index contributed by atoms with van der Waals surface area (Å²) in [5.41, 5.74) is 9.71. The van der Waals surface area contributed by atoms with Gasteiger partial charge in [-0.15, -0.1) is 0 Å². The summed E-state index contributed by atoms with van der Waals surface area (Å²) in [6, 6.07) is 15.9. The van der Waals surface area contributed by atoms with Crippen molar-refractivity contribution in [3.8, 4) is 0 Å². The number of hydrogen-bond donors (Lipinski definition) is 2. The van der Waals surface area contributed by atoms with Crippen molar-refractivity contribution in [2.24, 2.45) is 0 Å². The van der Waals surface area contributed by atoms with Gasteiger partial charge in [-0.3, -0.25) is 4.79 Å². The van der Waals surface area contributed by atoms with Crippen LogP contribution in [0.1, 0.15) is 30.5 Å². The molecule has 22 heavy (non-hydrogen) atoms. The highest BCUT2D eigenvalue weighted by molar-refractivity contribution is 5.78. The summed E-state index contributed by atoms with van der Waals surface area (Å²) >= 11 is 0. The fraction of sp³-hybridized carbons (Fsp3) is 0.316. The lowest BCUT2D eigenvalue weighted by Crippen LogP contribution is -2.37. The van der Waals surface area contributed by atoms with Crippen LogP contribution < -0.4 is 11.1 Å². The second kappa shape index (κ2) is 6.65. The van der Waals surface area contributed by atoms with Crippen LogP contribution in [0.25, 0.3) is 0 Å². The quantitative estimate of drug-likeness (QED) is 0.832. The number of hydrogen-bond acceptors (Lipinski definition) is 2. The highest BCUT2D eigenvalue weighted by Crippen LogP contribution is 2.22. The molecule has 116 valence electrons. The molecule has 0 aromatic heterocycles. The van der Waals surface area contributed by atoms with Crippen molar-refractivity contribution < 1.29 is 4.79 Å². The van der Waals surface area contributed by atoms with E-state index < -0.39 is 0 Å². The second-order valence-corrected chi connectivity index (χ2v) is 6.44. The van der Waals surface area contributed by atoms with Crippen LogP contribution in [-0.2, 0) is 16.6 Å². The van der Waals surface area contributed by atoms with Crippen molar-refractivity contribution >= 4 is 11.6 Å². The molecule has 0 saturated carbocycles. The fourth-order valence-electron chi connectivity index (χ4n) is 2.31. The molecule has 0 saturated heterocycles. The molecule has 0 aliphatic heterocycles. The van der Waals surface area contributed by atoms with Crippen molar-refractivity contribution in [3.63, 3.8) is 0 Å². The molecule has 2 aromatic rings. The molecule has 0 atom stereocenters. The van der Waals surface area contributed by atoms with Gasteiger partial charge in [0.15, 0.2) is 0 Å². The summed E-state index contributed by atoms with van der Waals surface area (Å²) in [6.45, 7) is 6.97.